The summed E-state index contributed by atoms with van der Waals surface area (Å²) >= 11 is 0. The molecule has 1 fully saturated rings. The molecule has 0 bridgehead atoms. The number of rotatable bonds is 5. The number of hydrogen-bond acceptors (Lipinski definition) is 8. The van der Waals surface area contributed by atoms with E-state index < -0.39 is 40.5 Å². The summed E-state index contributed by atoms with van der Waals surface area (Å²) in [6.45, 7) is 6.89. The average Bonchev–Trinajstić information content (AvgIpc) is 3.01. The Hall–Kier alpha value is -5.64. The van der Waals surface area contributed by atoms with Gasteiger partial charge in [0.1, 0.15) is 17.0 Å². The quantitative estimate of drug-likeness (QED) is 0.341. The largest absolute Gasteiger partial charge is 0.444 e. The molecule has 1 aliphatic heterocycles. The van der Waals surface area contributed by atoms with E-state index in [2.05, 4.69) is 21.5 Å². The van der Waals surface area contributed by atoms with Crippen LogP contribution in [-0.4, -0.2) is 63.4 Å². The fraction of sp³-hybridized carbons (Fsp3) is 0.250. The van der Waals surface area contributed by atoms with E-state index in [1.165, 1.54) is 6.20 Å². The van der Waals surface area contributed by atoms with Crippen LogP contribution in [0.1, 0.15) is 36.8 Å². The van der Waals surface area contributed by atoms with Crippen LogP contribution in [0.15, 0.2) is 71.8 Å². The molecule has 1 saturated heterocycles. The van der Waals surface area contributed by atoms with E-state index in [4.69, 9.17) is 4.74 Å². The topological polar surface area (TPSA) is 133 Å². The highest BCUT2D eigenvalue weighted by Crippen LogP contribution is 2.34. The summed E-state index contributed by atoms with van der Waals surface area (Å²) in [5, 5.41) is 16.4. The maximum absolute atomic E-state index is 14.4. The monoisotopic (exact) mass is 613 g/mol. The third kappa shape index (κ3) is 6.80. The number of nitriles is 1. The number of para-hydroxylation sites is 1. The zero-order valence-corrected chi connectivity index (χ0v) is 24.8. The van der Waals surface area contributed by atoms with E-state index in [1.807, 2.05) is 4.90 Å². The van der Waals surface area contributed by atoms with Gasteiger partial charge in [-0.15, -0.1) is 0 Å². The first-order chi connectivity index (χ1) is 21.4. The lowest BCUT2D eigenvalue weighted by Gasteiger charge is -2.37. The van der Waals surface area contributed by atoms with Crippen molar-refractivity contribution in [2.45, 2.75) is 26.4 Å². The molecule has 230 valence electrons. The van der Waals surface area contributed by atoms with Crippen LogP contribution in [-0.2, 0) is 4.74 Å². The van der Waals surface area contributed by atoms with Crippen LogP contribution in [0.5, 0.6) is 0 Å². The lowest BCUT2D eigenvalue weighted by Crippen LogP contribution is -2.50. The molecular weight excluding hydrogens is 584 g/mol. The van der Waals surface area contributed by atoms with Crippen molar-refractivity contribution in [3.63, 3.8) is 0 Å². The molecule has 4 aromatic rings. The van der Waals surface area contributed by atoms with Crippen molar-refractivity contribution >= 4 is 23.4 Å². The molecule has 0 unspecified atom stereocenters. The first-order valence-corrected chi connectivity index (χ1v) is 14.0. The second-order valence-corrected chi connectivity index (χ2v) is 11.2. The fourth-order valence-electron chi connectivity index (χ4n) is 4.82. The molecule has 2 aromatic carbocycles. The Morgan fingerprint density at radius 1 is 1.00 bits per heavy atom. The van der Waals surface area contributed by atoms with Gasteiger partial charge in [-0.3, -0.25) is 14.6 Å². The molecule has 0 spiro atoms. The second kappa shape index (κ2) is 12.5. The number of hydrogen-bond donors (Lipinski definition) is 1. The van der Waals surface area contributed by atoms with E-state index in [0.717, 1.165) is 30.3 Å². The number of carbonyl (C=O) groups is 2. The van der Waals surface area contributed by atoms with E-state index >= 15 is 0 Å². The van der Waals surface area contributed by atoms with E-state index in [1.54, 1.807) is 56.1 Å². The molecule has 1 aliphatic rings. The molecule has 0 saturated carbocycles. The molecule has 13 heteroatoms. The molecule has 5 rings (SSSR count). The van der Waals surface area contributed by atoms with Gasteiger partial charge < -0.3 is 19.9 Å². The predicted octanol–water partition coefficient (Wildman–Crippen LogP) is 4.75. The minimum Gasteiger partial charge on any atom is -0.444 e. The van der Waals surface area contributed by atoms with Crippen molar-refractivity contribution < 1.29 is 23.1 Å². The maximum atomic E-state index is 14.4. The van der Waals surface area contributed by atoms with Gasteiger partial charge in [0.05, 0.1) is 23.0 Å². The van der Waals surface area contributed by atoms with Crippen LogP contribution < -0.4 is 15.8 Å². The van der Waals surface area contributed by atoms with E-state index in [0.29, 0.717) is 58.9 Å². The van der Waals surface area contributed by atoms with Crippen molar-refractivity contribution in [2.24, 2.45) is 0 Å². The van der Waals surface area contributed by atoms with Crippen molar-refractivity contribution in [1.82, 2.24) is 19.7 Å². The Balaban J connectivity index is 1.48. The molecule has 0 atom stereocenters. The maximum Gasteiger partial charge on any atom is 0.410 e. The van der Waals surface area contributed by atoms with Gasteiger partial charge in [-0.2, -0.15) is 15.0 Å². The SMILES string of the molecule is CC(C)(C)OC(=O)N1CCN(c2cc(-c3cnccc3C#N)ccc2NC(=O)c2ccc(=O)n(-c3c(F)cccc3F)n2)CC1. The van der Waals surface area contributed by atoms with Crippen LogP contribution >= 0.6 is 0 Å². The molecule has 2 aromatic heterocycles. The van der Waals surface area contributed by atoms with Crippen molar-refractivity contribution in [1.29, 1.82) is 5.26 Å². The van der Waals surface area contributed by atoms with Gasteiger partial charge in [-0.1, -0.05) is 12.1 Å². The highest BCUT2D eigenvalue weighted by molar-refractivity contribution is 6.05. The number of piperazine rings is 1. The standard InChI is InChI=1S/C32H29F2N7O4/c1-32(2,3)45-31(44)40-15-13-39(14-16-40)27-17-20(22-19-36-12-11-21(22)18-35)7-8-25(27)37-30(43)26-9-10-28(42)41(38-26)29-23(33)5-4-6-24(29)34/h4-12,17,19H,13-16H2,1-3H3,(H,37,43). The van der Waals surface area contributed by atoms with Gasteiger partial charge in [0, 0.05) is 50.2 Å². The average molecular weight is 614 g/mol. The summed E-state index contributed by atoms with van der Waals surface area (Å²) in [4.78, 5) is 46.3. The number of carbonyl (C=O) groups excluding carboxylic acids is 2. The molecular formula is C32H29F2N7O4. The zero-order chi connectivity index (χ0) is 32.3. The van der Waals surface area contributed by atoms with Crippen LogP contribution in [0.4, 0.5) is 25.0 Å². The number of nitrogens with one attached hydrogen (secondary N) is 1. The third-order valence-electron chi connectivity index (χ3n) is 6.95. The second-order valence-electron chi connectivity index (χ2n) is 11.2. The minimum atomic E-state index is -1.02. The Morgan fingerprint density at radius 2 is 1.71 bits per heavy atom. The summed E-state index contributed by atoms with van der Waals surface area (Å²) in [6.07, 6.45) is 2.67. The van der Waals surface area contributed by atoms with Crippen LogP contribution in [0.25, 0.3) is 16.8 Å². The molecule has 45 heavy (non-hydrogen) atoms. The number of nitrogens with zero attached hydrogens (tertiary/aromatic N) is 6. The number of pyridine rings is 1. The molecule has 0 radical (unpaired) electrons. The van der Waals surface area contributed by atoms with E-state index in [9.17, 15) is 28.4 Å². The number of halogens is 2. The molecule has 0 aliphatic carbocycles. The summed E-state index contributed by atoms with van der Waals surface area (Å²) in [7, 11) is 0. The molecule has 2 amide bonds. The lowest BCUT2D eigenvalue weighted by atomic mass is 10.0. The molecule has 3 heterocycles. The Morgan fingerprint density at radius 3 is 2.38 bits per heavy atom. The summed E-state index contributed by atoms with van der Waals surface area (Å²) in [6, 6.07) is 14.2. The molecule has 1 N–H and O–H groups in total. The highest BCUT2D eigenvalue weighted by atomic mass is 19.1. The number of ether oxygens (including phenoxy) is 1. The number of amides is 2. The number of anilines is 2. The molecule has 11 nitrogen and oxygen atoms in total. The summed E-state index contributed by atoms with van der Waals surface area (Å²) in [5.41, 5.74) is 0.199. The third-order valence-corrected chi connectivity index (χ3v) is 6.95. The Kier molecular flexibility index (Phi) is 8.58. The first kappa shape index (κ1) is 30.8. The van der Waals surface area contributed by atoms with Gasteiger partial charge in [-0.05, 0) is 62.7 Å². The van der Waals surface area contributed by atoms with Gasteiger partial charge >= 0.3 is 6.09 Å². The van der Waals surface area contributed by atoms with Crippen LogP contribution in [0.2, 0.25) is 0 Å². The fourth-order valence-corrected chi connectivity index (χ4v) is 4.82. The van der Waals surface area contributed by atoms with Crippen molar-refractivity contribution in [3.8, 4) is 22.9 Å². The van der Waals surface area contributed by atoms with E-state index in [-0.39, 0.29) is 5.69 Å². The number of aromatic nitrogens is 3. The smallest absolute Gasteiger partial charge is 0.410 e. The highest BCUT2D eigenvalue weighted by Gasteiger charge is 2.28. The van der Waals surface area contributed by atoms with Crippen LogP contribution in [0.3, 0.4) is 0 Å². The summed E-state index contributed by atoms with van der Waals surface area (Å²) in [5.74, 6) is -2.77. The van der Waals surface area contributed by atoms with Crippen molar-refractivity contribution in [2.75, 3.05) is 36.4 Å². The summed E-state index contributed by atoms with van der Waals surface area (Å²) < 4.78 is 34.9. The minimum absolute atomic E-state index is 0.263. The van der Waals surface area contributed by atoms with Gasteiger partial charge in [0.15, 0.2) is 11.6 Å². The van der Waals surface area contributed by atoms with Gasteiger partial charge in [-0.25, -0.2) is 13.6 Å². The van der Waals surface area contributed by atoms with Gasteiger partial charge in [0.25, 0.3) is 11.5 Å². The van der Waals surface area contributed by atoms with Crippen LogP contribution in [0, 0.1) is 23.0 Å². The van der Waals surface area contributed by atoms with Gasteiger partial charge in [0.2, 0.25) is 0 Å². The lowest BCUT2D eigenvalue weighted by molar-refractivity contribution is 0.0240. The Bertz CT molecular complexity index is 1850. The zero-order valence-electron chi connectivity index (χ0n) is 24.8. The van der Waals surface area contributed by atoms with Crippen molar-refractivity contribution in [3.05, 3.63) is 100 Å². The number of benzene rings is 2. The normalized spacial score (nSPS) is 13.2. The first-order valence-electron chi connectivity index (χ1n) is 14.0. The Labute approximate surface area is 257 Å². The predicted molar refractivity (Wildman–Crippen MR) is 162 cm³/mol.